The Morgan fingerprint density at radius 1 is 1.50 bits per heavy atom. The van der Waals surface area contributed by atoms with Crippen LogP contribution in [0.2, 0.25) is 0 Å². The molecule has 1 N–H and O–H groups in total. The van der Waals surface area contributed by atoms with Crippen LogP contribution in [0.15, 0.2) is 16.8 Å². The molecule has 0 aromatic carbocycles. The zero-order chi connectivity index (χ0) is 11.4. The van der Waals surface area contributed by atoms with Crippen molar-refractivity contribution in [1.82, 2.24) is 5.32 Å². The van der Waals surface area contributed by atoms with E-state index in [9.17, 15) is 0 Å². The van der Waals surface area contributed by atoms with Gasteiger partial charge in [0, 0.05) is 12.1 Å². The highest BCUT2D eigenvalue weighted by Gasteiger charge is 2.22. The highest BCUT2D eigenvalue weighted by atomic mass is 32.1. The molecule has 1 nitrogen and oxygen atoms in total. The summed E-state index contributed by atoms with van der Waals surface area (Å²) in [6.45, 7) is 4.62. The fourth-order valence-corrected chi connectivity index (χ4v) is 3.54. The Morgan fingerprint density at radius 3 is 3.06 bits per heavy atom. The number of rotatable bonds is 4. The van der Waals surface area contributed by atoms with E-state index in [0.29, 0.717) is 6.04 Å². The van der Waals surface area contributed by atoms with Gasteiger partial charge in [-0.15, -0.1) is 0 Å². The molecule has 2 rings (SSSR count). The molecular formula is C14H23NS. The molecule has 1 aliphatic rings. The average molecular weight is 237 g/mol. The van der Waals surface area contributed by atoms with Crippen molar-refractivity contribution in [3.8, 4) is 0 Å². The van der Waals surface area contributed by atoms with Crippen LogP contribution in [0.1, 0.15) is 57.6 Å². The Balaban J connectivity index is 1.84. The van der Waals surface area contributed by atoms with Gasteiger partial charge in [-0.1, -0.05) is 26.2 Å². The first-order chi connectivity index (χ1) is 7.79. The third-order valence-electron chi connectivity index (χ3n) is 3.89. The summed E-state index contributed by atoms with van der Waals surface area (Å²) in [6, 6.07) is 3.50. The average Bonchev–Trinajstić information content (AvgIpc) is 2.83. The molecule has 16 heavy (non-hydrogen) atoms. The van der Waals surface area contributed by atoms with Crippen LogP contribution in [0, 0.1) is 5.92 Å². The Labute approximate surface area is 103 Å². The van der Waals surface area contributed by atoms with E-state index >= 15 is 0 Å². The second-order valence-electron chi connectivity index (χ2n) is 5.08. The van der Waals surface area contributed by atoms with Crippen LogP contribution in [-0.4, -0.2) is 6.04 Å². The van der Waals surface area contributed by atoms with Gasteiger partial charge >= 0.3 is 0 Å². The van der Waals surface area contributed by atoms with Gasteiger partial charge in [0.1, 0.15) is 0 Å². The van der Waals surface area contributed by atoms with Gasteiger partial charge in [-0.25, -0.2) is 0 Å². The highest BCUT2D eigenvalue weighted by molar-refractivity contribution is 7.07. The number of hydrogen-bond donors (Lipinski definition) is 1. The summed E-state index contributed by atoms with van der Waals surface area (Å²) in [5.74, 6) is 0.959. The minimum Gasteiger partial charge on any atom is -0.307 e. The van der Waals surface area contributed by atoms with Crippen molar-refractivity contribution in [3.63, 3.8) is 0 Å². The molecule has 0 saturated heterocycles. The van der Waals surface area contributed by atoms with Gasteiger partial charge in [-0.05, 0) is 48.1 Å². The first-order valence-corrected chi connectivity index (χ1v) is 7.52. The van der Waals surface area contributed by atoms with Crippen molar-refractivity contribution in [2.45, 2.75) is 58.0 Å². The smallest absolute Gasteiger partial charge is 0.0302 e. The Hall–Kier alpha value is -0.340. The minimum atomic E-state index is 0.520. The molecule has 1 saturated carbocycles. The molecular weight excluding hydrogens is 214 g/mol. The molecule has 0 bridgehead atoms. The first-order valence-electron chi connectivity index (χ1n) is 6.57. The van der Waals surface area contributed by atoms with Crippen LogP contribution in [0.3, 0.4) is 0 Å². The van der Waals surface area contributed by atoms with Crippen molar-refractivity contribution >= 4 is 11.3 Å². The second-order valence-corrected chi connectivity index (χ2v) is 5.86. The van der Waals surface area contributed by atoms with Gasteiger partial charge in [0.15, 0.2) is 0 Å². The third-order valence-corrected chi connectivity index (χ3v) is 4.59. The van der Waals surface area contributed by atoms with Crippen LogP contribution >= 0.6 is 11.3 Å². The van der Waals surface area contributed by atoms with Gasteiger partial charge in [-0.2, -0.15) is 11.3 Å². The molecule has 3 unspecified atom stereocenters. The Morgan fingerprint density at radius 2 is 2.38 bits per heavy atom. The maximum atomic E-state index is 3.79. The van der Waals surface area contributed by atoms with E-state index in [4.69, 9.17) is 0 Å². The monoisotopic (exact) mass is 237 g/mol. The van der Waals surface area contributed by atoms with Gasteiger partial charge < -0.3 is 5.32 Å². The molecule has 0 aliphatic heterocycles. The molecule has 1 heterocycles. The molecule has 0 amide bonds. The summed E-state index contributed by atoms with van der Waals surface area (Å²) in [5, 5.41) is 8.22. The van der Waals surface area contributed by atoms with E-state index in [1.165, 1.54) is 37.7 Å². The van der Waals surface area contributed by atoms with Crippen LogP contribution < -0.4 is 5.32 Å². The molecule has 90 valence electrons. The van der Waals surface area contributed by atoms with Gasteiger partial charge in [0.25, 0.3) is 0 Å². The fraction of sp³-hybridized carbons (Fsp3) is 0.714. The summed E-state index contributed by atoms with van der Waals surface area (Å²) >= 11 is 1.79. The standard InChI is InChI=1S/C14H23NS/c1-3-12-5-4-6-14(9-12)15-11(2)13-7-8-16-10-13/h7-8,10-12,14-15H,3-6,9H2,1-2H3. The SMILES string of the molecule is CCC1CCCC(NC(C)c2ccsc2)C1. The topological polar surface area (TPSA) is 12.0 Å². The van der Waals surface area contributed by atoms with E-state index in [2.05, 4.69) is 36.0 Å². The Kier molecular flexibility index (Phi) is 4.42. The summed E-state index contributed by atoms with van der Waals surface area (Å²) < 4.78 is 0. The highest BCUT2D eigenvalue weighted by Crippen LogP contribution is 2.28. The van der Waals surface area contributed by atoms with Crippen molar-refractivity contribution in [3.05, 3.63) is 22.4 Å². The molecule has 3 atom stereocenters. The van der Waals surface area contributed by atoms with Gasteiger partial charge in [0.2, 0.25) is 0 Å². The van der Waals surface area contributed by atoms with Crippen molar-refractivity contribution in [1.29, 1.82) is 0 Å². The predicted octanol–water partition coefficient (Wildman–Crippen LogP) is 4.37. The predicted molar refractivity (Wildman–Crippen MR) is 71.9 cm³/mol. The minimum absolute atomic E-state index is 0.520. The maximum Gasteiger partial charge on any atom is 0.0302 e. The summed E-state index contributed by atoms with van der Waals surface area (Å²) in [7, 11) is 0. The van der Waals surface area contributed by atoms with E-state index in [0.717, 1.165) is 12.0 Å². The molecule has 1 fully saturated rings. The largest absolute Gasteiger partial charge is 0.307 e. The van der Waals surface area contributed by atoms with Crippen LogP contribution in [0.4, 0.5) is 0 Å². The van der Waals surface area contributed by atoms with Crippen LogP contribution in [-0.2, 0) is 0 Å². The van der Waals surface area contributed by atoms with Gasteiger partial charge in [0.05, 0.1) is 0 Å². The van der Waals surface area contributed by atoms with Crippen LogP contribution in [0.25, 0.3) is 0 Å². The fourth-order valence-electron chi connectivity index (χ4n) is 2.78. The zero-order valence-electron chi connectivity index (χ0n) is 10.4. The number of hydrogen-bond acceptors (Lipinski definition) is 2. The lowest BCUT2D eigenvalue weighted by atomic mass is 9.84. The molecule has 1 aromatic heterocycles. The maximum absolute atomic E-state index is 3.79. The zero-order valence-corrected chi connectivity index (χ0v) is 11.2. The molecule has 2 heteroatoms. The molecule has 0 spiro atoms. The van der Waals surface area contributed by atoms with E-state index in [-0.39, 0.29) is 0 Å². The lowest BCUT2D eigenvalue weighted by molar-refractivity contribution is 0.266. The lowest BCUT2D eigenvalue weighted by Gasteiger charge is -2.31. The second kappa shape index (κ2) is 5.83. The summed E-state index contributed by atoms with van der Waals surface area (Å²) in [4.78, 5) is 0. The van der Waals surface area contributed by atoms with Crippen molar-refractivity contribution in [2.24, 2.45) is 5.92 Å². The quantitative estimate of drug-likeness (QED) is 0.820. The van der Waals surface area contributed by atoms with Crippen molar-refractivity contribution < 1.29 is 0 Å². The first kappa shape index (κ1) is 12.1. The molecule has 1 aromatic rings. The Bertz CT molecular complexity index is 294. The lowest BCUT2D eigenvalue weighted by Crippen LogP contribution is -2.35. The van der Waals surface area contributed by atoms with Crippen LogP contribution in [0.5, 0.6) is 0 Å². The van der Waals surface area contributed by atoms with E-state index in [1.54, 1.807) is 11.3 Å². The van der Waals surface area contributed by atoms with Gasteiger partial charge in [-0.3, -0.25) is 0 Å². The van der Waals surface area contributed by atoms with Crippen molar-refractivity contribution in [2.75, 3.05) is 0 Å². The van der Waals surface area contributed by atoms with E-state index in [1.807, 2.05) is 0 Å². The number of nitrogens with one attached hydrogen (secondary N) is 1. The molecule has 1 aliphatic carbocycles. The molecule has 0 radical (unpaired) electrons. The summed E-state index contributed by atoms with van der Waals surface area (Å²) in [5.41, 5.74) is 1.45. The number of thiophene rings is 1. The third kappa shape index (κ3) is 3.08. The normalized spacial score (nSPS) is 27.9. The summed E-state index contributed by atoms with van der Waals surface area (Å²) in [6.07, 6.45) is 6.95. The van der Waals surface area contributed by atoms with E-state index < -0.39 is 0 Å².